The van der Waals surface area contributed by atoms with Crippen LogP contribution < -0.4 is 0 Å². The van der Waals surface area contributed by atoms with E-state index in [9.17, 15) is 0 Å². The molecule has 0 amide bonds. The lowest BCUT2D eigenvalue weighted by molar-refractivity contribution is 1.61. The third kappa shape index (κ3) is 3.78. The molecule has 0 bridgehead atoms. The van der Waals surface area contributed by atoms with Gasteiger partial charge in [-0.05, 0) is 67.6 Å². The molecule has 10 rings (SSSR count). The standard InChI is InChI=1S/C44H26S2/c1-2-12-27(13-3-1)28-22-24-29(25-23-28)40-31-15-4-6-17-33(31)41(34-18-7-5-16-32(34)40)43-42-35-19-9-11-21-38(35)45-39(42)26-36-30-14-8-10-20-37(30)46-44(36)43/h1-26H. The summed E-state index contributed by atoms with van der Waals surface area (Å²) >= 11 is 3.84. The molecule has 0 atom stereocenters. The predicted octanol–water partition coefficient (Wildman–Crippen LogP) is 13.7. The zero-order valence-electron chi connectivity index (χ0n) is 24.8. The maximum atomic E-state index is 2.45. The Morgan fingerprint density at radius 1 is 0.283 bits per heavy atom. The molecule has 214 valence electrons. The molecule has 0 radical (unpaired) electrons. The van der Waals surface area contributed by atoms with Crippen LogP contribution in [0, 0.1) is 0 Å². The molecular weight excluding hydrogens is 593 g/mol. The zero-order chi connectivity index (χ0) is 30.2. The summed E-state index contributed by atoms with van der Waals surface area (Å²) in [6, 6.07) is 58.2. The summed E-state index contributed by atoms with van der Waals surface area (Å²) in [4.78, 5) is 0. The fourth-order valence-corrected chi connectivity index (χ4v) is 9.86. The number of hydrogen-bond donors (Lipinski definition) is 0. The minimum atomic E-state index is 1.23. The normalized spacial score (nSPS) is 11.9. The van der Waals surface area contributed by atoms with Crippen molar-refractivity contribution in [3.8, 4) is 33.4 Å². The molecule has 0 aliphatic carbocycles. The lowest BCUT2D eigenvalue weighted by Crippen LogP contribution is -1.92. The number of rotatable bonds is 3. The first-order chi connectivity index (χ1) is 22.8. The number of fused-ring (bicyclic) bond motifs is 8. The van der Waals surface area contributed by atoms with Gasteiger partial charge in [-0.2, -0.15) is 0 Å². The van der Waals surface area contributed by atoms with E-state index >= 15 is 0 Å². The number of benzene rings is 8. The van der Waals surface area contributed by atoms with Crippen LogP contribution in [0.25, 0.3) is 95.3 Å². The monoisotopic (exact) mass is 618 g/mol. The van der Waals surface area contributed by atoms with E-state index in [1.54, 1.807) is 0 Å². The molecule has 2 heteroatoms. The van der Waals surface area contributed by atoms with Crippen LogP contribution in [0.2, 0.25) is 0 Å². The van der Waals surface area contributed by atoms with Crippen LogP contribution in [-0.4, -0.2) is 0 Å². The smallest absolute Gasteiger partial charge is 0.0441 e. The molecule has 0 fully saturated rings. The van der Waals surface area contributed by atoms with Gasteiger partial charge in [0.05, 0.1) is 0 Å². The van der Waals surface area contributed by atoms with Crippen LogP contribution in [0.1, 0.15) is 0 Å². The van der Waals surface area contributed by atoms with Crippen molar-refractivity contribution >= 4 is 84.6 Å². The van der Waals surface area contributed by atoms with Gasteiger partial charge in [-0.3, -0.25) is 0 Å². The topological polar surface area (TPSA) is 0 Å². The van der Waals surface area contributed by atoms with Crippen molar-refractivity contribution in [3.63, 3.8) is 0 Å². The average Bonchev–Trinajstić information content (AvgIpc) is 3.68. The van der Waals surface area contributed by atoms with Crippen molar-refractivity contribution in [2.75, 3.05) is 0 Å². The van der Waals surface area contributed by atoms with E-state index in [4.69, 9.17) is 0 Å². The summed E-state index contributed by atoms with van der Waals surface area (Å²) < 4.78 is 5.39. The molecule has 0 aliphatic rings. The molecular formula is C44H26S2. The fourth-order valence-electron chi connectivity index (χ4n) is 7.47. The Morgan fingerprint density at radius 2 is 0.761 bits per heavy atom. The first kappa shape index (κ1) is 26.0. The van der Waals surface area contributed by atoms with E-state index in [1.165, 1.54) is 95.3 Å². The van der Waals surface area contributed by atoms with Crippen LogP contribution in [-0.2, 0) is 0 Å². The lowest BCUT2D eigenvalue weighted by Gasteiger charge is -2.19. The fraction of sp³-hybridized carbons (Fsp3) is 0. The second kappa shape index (κ2) is 10.1. The Bertz CT molecular complexity index is 2720. The summed E-state index contributed by atoms with van der Waals surface area (Å²) in [6.07, 6.45) is 0. The third-order valence-corrected chi connectivity index (χ3v) is 11.8. The second-order valence-corrected chi connectivity index (χ2v) is 14.1. The lowest BCUT2D eigenvalue weighted by atomic mass is 9.84. The highest BCUT2D eigenvalue weighted by Crippen LogP contribution is 2.53. The minimum absolute atomic E-state index is 1.23. The van der Waals surface area contributed by atoms with Gasteiger partial charge in [0.15, 0.2) is 0 Å². The predicted molar refractivity (Wildman–Crippen MR) is 204 cm³/mol. The summed E-state index contributed by atoms with van der Waals surface area (Å²) in [6.45, 7) is 0. The van der Waals surface area contributed by atoms with Crippen LogP contribution in [0.3, 0.4) is 0 Å². The first-order valence-electron chi connectivity index (χ1n) is 15.7. The van der Waals surface area contributed by atoms with Crippen molar-refractivity contribution in [1.82, 2.24) is 0 Å². The van der Waals surface area contributed by atoms with Gasteiger partial charge in [0.2, 0.25) is 0 Å². The Kier molecular flexibility index (Phi) is 5.72. The highest BCUT2D eigenvalue weighted by Gasteiger charge is 2.23. The Balaban J connectivity index is 1.36. The van der Waals surface area contributed by atoms with Crippen molar-refractivity contribution < 1.29 is 0 Å². The van der Waals surface area contributed by atoms with Crippen molar-refractivity contribution in [2.45, 2.75) is 0 Å². The molecule has 0 saturated carbocycles. The van der Waals surface area contributed by atoms with Gasteiger partial charge in [0.25, 0.3) is 0 Å². The van der Waals surface area contributed by atoms with Crippen molar-refractivity contribution in [1.29, 1.82) is 0 Å². The zero-order valence-corrected chi connectivity index (χ0v) is 26.5. The third-order valence-electron chi connectivity index (χ3n) is 9.47. The van der Waals surface area contributed by atoms with Crippen molar-refractivity contribution in [2.24, 2.45) is 0 Å². The summed E-state index contributed by atoms with van der Waals surface area (Å²) in [5, 5.41) is 10.6. The SMILES string of the molecule is c1ccc(-c2ccc(-c3c4ccccc4c(-c4c5sc6ccccc6c5cc5sc6ccccc6c45)c4ccccc34)cc2)cc1. The Hall–Kier alpha value is -5.28. The molecule has 2 heterocycles. The molecule has 0 N–H and O–H groups in total. The van der Waals surface area contributed by atoms with E-state index in [-0.39, 0.29) is 0 Å². The Labute approximate surface area is 274 Å². The van der Waals surface area contributed by atoms with E-state index < -0.39 is 0 Å². The molecule has 0 nitrogen and oxygen atoms in total. The summed E-state index contributed by atoms with van der Waals surface area (Å²) in [5.41, 5.74) is 7.71. The second-order valence-electron chi connectivity index (χ2n) is 12.0. The van der Waals surface area contributed by atoms with Crippen LogP contribution in [0.5, 0.6) is 0 Å². The van der Waals surface area contributed by atoms with E-state index in [0.717, 1.165) is 0 Å². The molecule has 0 unspecified atom stereocenters. The molecule has 2 aromatic heterocycles. The van der Waals surface area contributed by atoms with Gasteiger partial charge in [0.1, 0.15) is 0 Å². The van der Waals surface area contributed by atoms with Gasteiger partial charge in [-0.25, -0.2) is 0 Å². The largest absolute Gasteiger partial charge is 0.135 e. The molecule has 46 heavy (non-hydrogen) atoms. The number of thiophene rings is 2. The maximum absolute atomic E-state index is 2.45. The summed E-state index contributed by atoms with van der Waals surface area (Å²) in [5.74, 6) is 0. The Morgan fingerprint density at radius 3 is 1.41 bits per heavy atom. The van der Waals surface area contributed by atoms with Crippen LogP contribution in [0.15, 0.2) is 158 Å². The van der Waals surface area contributed by atoms with Gasteiger partial charge < -0.3 is 0 Å². The average molecular weight is 619 g/mol. The van der Waals surface area contributed by atoms with E-state index in [1.807, 2.05) is 22.7 Å². The molecule has 8 aromatic carbocycles. The highest BCUT2D eigenvalue weighted by atomic mass is 32.1. The first-order valence-corrected chi connectivity index (χ1v) is 17.3. The molecule has 0 saturated heterocycles. The van der Waals surface area contributed by atoms with Gasteiger partial charge in [-0.1, -0.05) is 140 Å². The van der Waals surface area contributed by atoms with Crippen LogP contribution in [0.4, 0.5) is 0 Å². The van der Waals surface area contributed by atoms with Gasteiger partial charge in [0, 0.05) is 45.9 Å². The van der Waals surface area contributed by atoms with Crippen molar-refractivity contribution in [3.05, 3.63) is 158 Å². The van der Waals surface area contributed by atoms with Gasteiger partial charge in [-0.15, -0.1) is 22.7 Å². The molecule has 0 spiro atoms. The molecule has 0 aliphatic heterocycles. The maximum Gasteiger partial charge on any atom is 0.0441 e. The van der Waals surface area contributed by atoms with E-state index in [0.29, 0.717) is 0 Å². The van der Waals surface area contributed by atoms with Gasteiger partial charge >= 0.3 is 0 Å². The summed E-state index contributed by atoms with van der Waals surface area (Å²) in [7, 11) is 0. The van der Waals surface area contributed by atoms with Crippen LogP contribution >= 0.6 is 22.7 Å². The highest BCUT2D eigenvalue weighted by molar-refractivity contribution is 7.28. The molecule has 10 aromatic rings. The quantitative estimate of drug-likeness (QED) is 0.173. The minimum Gasteiger partial charge on any atom is -0.135 e. The number of hydrogen-bond acceptors (Lipinski definition) is 2. The van der Waals surface area contributed by atoms with E-state index in [2.05, 4.69) is 158 Å².